The second kappa shape index (κ2) is 6.51. The molecule has 1 aliphatic rings. The van der Waals surface area contributed by atoms with Crippen molar-refractivity contribution in [1.29, 1.82) is 0 Å². The van der Waals surface area contributed by atoms with E-state index in [1.54, 1.807) is 0 Å². The first-order valence-corrected chi connectivity index (χ1v) is 6.91. The summed E-state index contributed by atoms with van der Waals surface area (Å²) in [6.45, 7) is 0.622. The van der Waals surface area contributed by atoms with Gasteiger partial charge in [-0.1, -0.05) is 0 Å². The molecule has 2 rings (SSSR count). The molecule has 114 valence electrons. The zero-order valence-electron chi connectivity index (χ0n) is 11.5. The molecule has 1 aliphatic heterocycles. The Hall–Kier alpha value is -2.18. The first-order valence-electron chi connectivity index (χ1n) is 6.91. The summed E-state index contributed by atoms with van der Waals surface area (Å²) in [7, 11) is 0. The minimum absolute atomic E-state index is 0.0240. The molecule has 6 nitrogen and oxygen atoms in total. The fourth-order valence-corrected chi connectivity index (χ4v) is 2.79. The molecule has 0 radical (unpaired) electrons. The molecule has 1 aromatic carbocycles. The summed E-state index contributed by atoms with van der Waals surface area (Å²) < 4.78 is 13.2. The first kappa shape index (κ1) is 15.2. The van der Waals surface area contributed by atoms with Crippen LogP contribution < -0.4 is 4.90 Å². The number of piperidine rings is 1. The van der Waals surface area contributed by atoms with Crippen LogP contribution in [-0.2, 0) is 4.79 Å². The lowest BCUT2D eigenvalue weighted by atomic mass is 9.97. The number of aliphatic carboxylic acids is 1. The number of halogens is 1. The summed E-state index contributed by atoms with van der Waals surface area (Å²) >= 11 is 0. The Morgan fingerprint density at radius 3 is 2.90 bits per heavy atom. The maximum Gasteiger partial charge on any atom is 0.303 e. The highest BCUT2D eigenvalue weighted by Gasteiger charge is 2.28. The van der Waals surface area contributed by atoms with Crippen LogP contribution in [0.1, 0.15) is 32.1 Å². The number of nitro benzene ring substituents is 1. The molecule has 1 aromatic rings. The number of nitrogens with zero attached hydrogens (tertiary/aromatic N) is 2. The maximum absolute atomic E-state index is 13.2. The lowest BCUT2D eigenvalue weighted by Gasteiger charge is -2.37. The molecule has 0 aromatic heterocycles. The number of hydrogen-bond donors (Lipinski definition) is 1. The zero-order chi connectivity index (χ0) is 15.4. The average molecular weight is 296 g/mol. The summed E-state index contributed by atoms with van der Waals surface area (Å²) in [6, 6.07) is 3.47. The number of carbonyl (C=O) groups is 1. The third kappa shape index (κ3) is 3.68. The summed E-state index contributed by atoms with van der Waals surface area (Å²) in [6.07, 6.45) is 3.11. The van der Waals surface area contributed by atoms with E-state index in [2.05, 4.69) is 0 Å². The van der Waals surface area contributed by atoms with Gasteiger partial charge in [0.2, 0.25) is 0 Å². The van der Waals surface area contributed by atoms with E-state index in [9.17, 15) is 19.3 Å². The van der Waals surface area contributed by atoms with Gasteiger partial charge >= 0.3 is 5.97 Å². The number of nitro groups is 1. The van der Waals surface area contributed by atoms with Crippen molar-refractivity contribution in [3.8, 4) is 0 Å². The Kier molecular flexibility index (Phi) is 4.72. The normalized spacial score (nSPS) is 18.5. The predicted octanol–water partition coefficient (Wildman–Crippen LogP) is 2.96. The van der Waals surface area contributed by atoms with Crippen LogP contribution in [0.25, 0.3) is 0 Å². The molecule has 0 bridgehead atoms. The summed E-state index contributed by atoms with van der Waals surface area (Å²) in [5.74, 6) is -1.53. The number of anilines is 1. The fourth-order valence-electron chi connectivity index (χ4n) is 2.79. The Labute approximate surface area is 121 Å². The topological polar surface area (TPSA) is 83.7 Å². The molecule has 0 aliphatic carbocycles. The molecular weight excluding hydrogens is 279 g/mol. The molecule has 1 heterocycles. The third-order valence-electron chi connectivity index (χ3n) is 3.76. The van der Waals surface area contributed by atoms with Crippen molar-refractivity contribution in [1.82, 2.24) is 0 Å². The lowest BCUT2D eigenvalue weighted by Crippen LogP contribution is -2.40. The smallest absolute Gasteiger partial charge is 0.303 e. The SMILES string of the molecule is O=C(O)CCC1CCCCN1c1ccc(F)cc1[N+](=O)[O-]. The number of benzene rings is 1. The largest absolute Gasteiger partial charge is 0.481 e. The van der Waals surface area contributed by atoms with Gasteiger partial charge in [0, 0.05) is 19.0 Å². The quantitative estimate of drug-likeness (QED) is 0.667. The van der Waals surface area contributed by atoms with E-state index >= 15 is 0 Å². The average Bonchev–Trinajstić information content (AvgIpc) is 2.45. The minimum Gasteiger partial charge on any atom is -0.481 e. The van der Waals surface area contributed by atoms with Crippen LogP contribution in [0.3, 0.4) is 0 Å². The lowest BCUT2D eigenvalue weighted by molar-refractivity contribution is -0.384. The van der Waals surface area contributed by atoms with Crippen molar-refractivity contribution < 1.29 is 19.2 Å². The van der Waals surface area contributed by atoms with Gasteiger partial charge in [-0.2, -0.15) is 0 Å². The van der Waals surface area contributed by atoms with Crippen LogP contribution in [0.4, 0.5) is 15.8 Å². The van der Waals surface area contributed by atoms with Crippen molar-refractivity contribution >= 4 is 17.3 Å². The summed E-state index contributed by atoms with van der Waals surface area (Å²) in [4.78, 5) is 23.1. The van der Waals surface area contributed by atoms with E-state index in [1.165, 1.54) is 12.1 Å². The van der Waals surface area contributed by atoms with E-state index in [-0.39, 0.29) is 18.2 Å². The van der Waals surface area contributed by atoms with Gasteiger partial charge in [-0.05, 0) is 37.8 Å². The van der Waals surface area contributed by atoms with Crippen molar-refractivity contribution in [2.45, 2.75) is 38.1 Å². The molecular formula is C14H17FN2O4. The molecule has 1 N–H and O–H groups in total. The van der Waals surface area contributed by atoms with Crippen molar-refractivity contribution in [3.63, 3.8) is 0 Å². The minimum atomic E-state index is -0.880. The standard InChI is InChI=1S/C14H17FN2O4/c15-10-4-6-12(13(9-10)17(20)21)16-8-2-1-3-11(16)5-7-14(18)19/h4,6,9,11H,1-3,5,7-8H2,(H,18,19). The van der Waals surface area contributed by atoms with Gasteiger partial charge in [-0.3, -0.25) is 14.9 Å². The van der Waals surface area contributed by atoms with E-state index in [4.69, 9.17) is 5.11 Å². The molecule has 1 atom stereocenters. The van der Waals surface area contributed by atoms with Crippen molar-refractivity contribution in [2.75, 3.05) is 11.4 Å². The molecule has 0 spiro atoms. The van der Waals surface area contributed by atoms with E-state index < -0.39 is 16.7 Å². The molecule has 0 amide bonds. The molecule has 0 saturated carbocycles. The third-order valence-corrected chi connectivity index (χ3v) is 3.76. The Bertz CT molecular complexity index is 550. The van der Waals surface area contributed by atoms with Crippen LogP contribution in [0.15, 0.2) is 18.2 Å². The van der Waals surface area contributed by atoms with Crippen LogP contribution in [0.5, 0.6) is 0 Å². The van der Waals surface area contributed by atoms with Crippen LogP contribution in [0, 0.1) is 15.9 Å². The van der Waals surface area contributed by atoms with Crippen molar-refractivity contribution in [2.24, 2.45) is 0 Å². The summed E-state index contributed by atoms with van der Waals surface area (Å²) in [5, 5.41) is 19.9. The highest BCUT2D eigenvalue weighted by atomic mass is 19.1. The Morgan fingerprint density at radius 1 is 1.48 bits per heavy atom. The van der Waals surface area contributed by atoms with E-state index in [1.807, 2.05) is 4.90 Å². The molecule has 7 heteroatoms. The molecule has 21 heavy (non-hydrogen) atoms. The van der Waals surface area contributed by atoms with Gasteiger partial charge in [0.15, 0.2) is 0 Å². The molecule has 1 saturated heterocycles. The monoisotopic (exact) mass is 296 g/mol. The first-order chi connectivity index (χ1) is 9.99. The predicted molar refractivity (Wildman–Crippen MR) is 74.9 cm³/mol. The van der Waals surface area contributed by atoms with Gasteiger partial charge in [-0.15, -0.1) is 0 Å². The zero-order valence-corrected chi connectivity index (χ0v) is 11.5. The van der Waals surface area contributed by atoms with Gasteiger partial charge in [0.25, 0.3) is 5.69 Å². The maximum atomic E-state index is 13.2. The van der Waals surface area contributed by atoms with Gasteiger partial charge in [-0.25, -0.2) is 4.39 Å². The highest BCUT2D eigenvalue weighted by Crippen LogP contribution is 2.34. The number of rotatable bonds is 5. The van der Waals surface area contributed by atoms with E-state index in [0.29, 0.717) is 18.7 Å². The highest BCUT2D eigenvalue weighted by molar-refractivity contribution is 5.67. The van der Waals surface area contributed by atoms with Crippen LogP contribution >= 0.6 is 0 Å². The van der Waals surface area contributed by atoms with Crippen LogP contribution in [0.2, 0.25) is 0 Å². The molecule has 1 unspecified atom stereocenters. The Morgan fingerprint density at radius 2 is 2.24 bits per heavy atom. The van der Waals surface area contributed by atoms with Gasteiger partial charge in [0.05, 0.1) is 11.0 Å². The van der Waals surface area contributed by atoms with Gasteiger partial charge in [0.1, 0.15) is 11.5 Å². The second-order valence-electron chi connectivity index (χ2n) is 5.17. The molecule has 1 fully saturated rings. The number of hydrogen-bond acceptors (Lipinski definition) is 4. The Balaban J connectivity index is 2.28. The summed E-state index contributed by atoms with van der Waals surface area (Å²) in [5.41, 5.74) is 0.105. The number of carboxylic acids is 1. The van der Waals surface area contributed by atoms with E-state index in [0.717, 1.165) is 25.3 Å². The van der Waals surface area contributed by atoms with Crippen molar-refractivity contribution in [3.05, 3.63) is 34.1 Å². The van der Waals surface area contributed by atoms with Crippen LogP contribution in [-0.4, -0.2) is 28.6 Å². The number of carboxylic acid groups (broad SMARTS) is 1. The second-order valence-corrected chi connectivity index (χ2v) is 5.17. The fraction of sp³-hybridized carbons (Fsp3) is 0.500. The van der Waals surface area contributed by atoms with Gasteiger partial charge < -0.3 is 10.0 Å².